The van der Waals surface area contributed by atoms with Gasteiger partial charge in [-0.25, -0.2) is 0 Å². The lowest BCUT2D eigenvalue weighted by atomic mass is 9.70. The van der Waals surface area contributed by atoms with Gasteiger partial charge in [0.05, 0.1) is 0 Å². The van der Waals surface area contributed by atoms with E-state index < -0.39 is 0 Å². The molecule has 94 valence electrons. The van der Waals surface area contributed by atoms with Crippen molar-refractivity contribution in [3.63, 3.8) is 0 Å². The lowest BCUT2D eigenvalue weighted by molar-refractivity contribution is 0.229. The molecular formula is C15H22BrN. The fraction of sp³-hybridized carbons (Fsp3) is 0.600. The van der Waals surface area contributed by atoms with Crippen molar-refractivity contribution in [1.29, 1.82) is 0 Å². The number of hydrogen-bond donors (Lipinski definition) is 1. The molecule has 0 saturated heterocycles. The molecule has 2 N–H and O–H groups in total. The lowest BCUT2D eigenvalue weighted by Gasteiger charge is -2.36. The van der Waals surface area contributed by atoms with Crippen LogP contribution in [-0.2, 0) is 0 Å². The molecule has 1 aliphatic carbocycles. The summed E-state index contributed by atoms with van der Waals surface area (Å²) in [5.74, 6) is 2.08. The van der Waals surface area contributed by atoms with Crippen LogP contribution in [0.4, 0.5) is 0 Å². The van der Waals surface area contributed by atoms with Gasteiger partial charge in [-0.05, 0) is 48.8 Å². The first-order valence-electron chi connectivity index (χ1n) is 6.68. The van der Waals surface area contributed by atoms with Crippen molar-refractivity contribution in [3.8, 4) is 0 Å². The van der Waals surface area contributed by atoms with E-state index in [1.165, 1.54) is 35.7 Å². The molecule has 1 nitrogen and oxygen atoms in total. The second-order valence-electron chi connectivity index (χ2n) is 5.29. The minimum Gasteiger partial charge on any atom is -0.330 e. The minimum absolute atomic E-state index is 0.632. The Morgan fingerprint density at radius 1 is 1.29 bits per heavy atom. The average molecular weight is 296 g/mol. The average Bonchev–Trinajstić information content (AvgIpc) is 2.38. The quantitative estimate of drug-likeness (QED) is 0.883. The second kappa shape index (κ2) is 6.01. The maximum atomic E-state index is 5.87. The minimum atomic E-state index is 0.632. The summed E-state index contributed by atoms with van der Waals surface area (Å²) in [6.45, 7) is 3.12. The Labute approximate surface area is 113 Å². The zero-order chi connectivity index (χ0) is 12.3. The van der Waals surface area contributed by atoms with Crippen molar-refractivity contribution in [2.24, 2.45) is 17.6 Å². The Kier molecular flexibility index (Phi) is 4.63. The highest BCUT2D eigenvalue weighted by Crippen LogP contribution is 2.43. The van der Waals surface area contributed by atoms with Crippen molar-refractivity contribution in [2.75, 3.05) is 6.54 Å². The summed E-state index contributed by atoms with van der Waals surface area (Å²) in [4.78, 5) is 0. The molecule has 0 aliphatic heterocycles. The van der Waals surface area contributed by atoms with Gasteiger partial charge in [0, 0.05) is 4.47 Å². The Hall–Kier alpha value is -0.340. The van der Waals surface area contributed by atoms with E-state index >= 15 is 0 Å². The highest BCUT2D eigenvalue weighted by atomic mass is 79.9. The van der Waals surface area contributed by atoms with Gasteiger partial charge in [0.2, 0.25) is 0 Å². The number of halogens is 1. The van der Waals surface area contributed by atoms with Crippen LogP contribution in [0.5, 0.6) is 0 Å². The molecule has 2 rings (SSSR count). The summed E-state index contributed by atoms with van der Waals surface area (Å²) < 4.78 is 1.26. The van der Waals surface area contributed by atoms with E-state index in [0.717, 1.165) is 12.5 Å². The SMILES string of the molecule is CC(CN)C1CCCCC1c1ccccc1Br. The van der Waals surface area contributed by atoms with Gasteiger partial charge in [-0.3, -0.25) is 0 Å². The van der Waals surface area contributed by atoms with E-state index in [1.807, 2.05) is 0 Å². The third kappa shape index (κ3) is 2.92. The van der Waals surface area contributed by atoms with Crippen LogP contribution in [0.2, 0.25) is 0 Å². The fourth-order valence-corrected chi connectivity index (χ4v) is 3.76. The van der Waals surface area contributed by atoms with E-state index in [1.54, 1.807) is 0 Å². The predicted octanol–water partition coefficient (Wildman–Crippen LogP) is 4.32. The van der Waals surface area contributed by atoms with Gasteiger partial charge in [-0.1, -0.05) is 53.9 Å². The molecule has 17 heavy (non-hydrogen) atoms. The summed E-state index contributed by atoms with van der Waals surface area (Å²) in [5.41, 5.74) is 7.35. The van der Waals surface area contributed by atoms with E-state index in [-0.39, 0.29) is 0 Å². The standard InChI is InChI=1S/C15H22BrN/c1-11(10-17)12-6-2-3-7-13(12)14-8-4-5-9-15(14)16/h4-5,8-9,11-13H,2-3,6-7,10,17H2,1H3. The Morgan fingerprint density at radius 2 is 2.00 bits per heavy atom. The van der Waals surface area contributed by atoms with Crippen molar-refractivity contribution in [2.45, 2.75) is 38.5 Å². The lowest BCUT2D eigenvalue weighted by Crippen LogP contribution is -2.28. The van der Waals surface area contributed by atoms with Gasteiger partial charge in [0.15, 0.2) is 0 Å². The molecule has 1 aromatic carbocycles. The van der Waals surface area contributed by atoms with Crippen molar-refractivity contribution in [3.05, 3.63) is 34.3 Å². The first-order valence-corrected chi connectivity index (χ1v) is 7.48. The summed E-state index contributed by atoms with van der Waals surface area (Å²) >= 11 is 3.70. The monoisotopic (exact) mass is 295 g/mol. The van der Waals surface area contributed by atoms with Crippen molar-refractivity contribution < 1.29 is 0 Å². The molecule has 1 aromatic rings. The molecule has 0 heterocycles. The molecule has 3 atom stereocenters. The first kappa shape index (κ1) is 13.1. The molecule has 0 spiro atoms. The number of rotatable bonds is 3. The Bertz CT molecular complexity index is 364. The molecule has 3 unspecified atom stereocenters. The highest BCUT2D eigenvalue weighted by Gasteiger charge is 2.30. The molecule has 0 amide bonds. The van der Waals surface area contributed by atoms with Crippen LogP contribution >= 0.6 is 15.9 Å². The maximum Gasteiger partial charge on any atom is 0.0210 e. The number of benzene rings is 1. The zero-order valence-electron chi connectivity index (χ0n) is 10.5. The van der Waals surface area contributed by atoms with Crippen molar-refractivity contribution in [1.82, 2.24) is 0 Å². The van der Waals surface area contributed by atoms with Crippen LogP contribution in [0.3, 0.4) is 0 Å². The van der Waals surface area contributed by atoms with Gasteiger partial charge in [-0.2, -0.15) is 0 Å². The molecular weight excluding hydrogens is 274 g/mol. The van der Waals surface area contributed by atoms with E-state index in [2.05, 4.69) is 47.1 Å². The van der Waals surface area contributed by atoms with Crippen LogP contribution in [-0.4, -0.2) is 6.54 Å². The summed E-state index contributed by atoms with van der Waals surface area (Å²) in [5, 5.41) is 0. The molecule has 1 fully saturated rings. The number of nitrogens with two attached hydrogens (primary N) is 1. The van der Waals surface area contributed by atoms with Gasteiger partial charge >= 0.3 is 0 Å². The van der Waals surface area contributed by atoms with Crippen molar-refractivity contribution >= 4 is 15.9 Å². The van der Waals surface area contributed by atoms with Gasteiger partial charge < -0.3 is 5.73 Å². The van der Waals surface area contributed by atoms with Crippen LogP contribution in [0.1, 0.15) is 44.1 Å². The Balaban J connectivity index is 2.25. The Morgan fingerprint density at radius 3 is 2.71 bits per heavy atom. The summed E-state index contributed by atoms with van der Waals surface area (Å²) in [6, 6.07) is 8.68. The molecule has 1 saturated carbocycles. The van der Waals surface area contributed by atoms with Gasteiger partial charge in [-0.15, -0.1) is 0 Å². The smallest absolute Gasteiger partial charge is 0.0210 e. The molecule has 1 aliphatic rings. The largest absolute Gasteiger partial charge is 0.330 e. The van der Waals surface area contributed by atoms with Crippen LogP contribution in [0.25, 0.3) is 0 Å². The van der Waals surface area contributed by atoms with E-state index in [4.69, 9.17) is 5.73 Å². The van der Waals surface area contributed by atoms with Gasteiger partial charge in [0.1, 0.15) is 0 Å². The topological polar surface area (TPSA) is 26.0 Å². The summed E-state index contributed by atoms with van der Waals surface area (Å²) in [6.07, 6.45) is 5.39. The zero-order valence-corrected chi connectivity index (χ0v) is 12.1. The normalized spacial score (nSPS) is 26.8. The third-order valence-electron chi connectivity index (χ3n) is 4.23. The molecule has 0 radical (unpaired) electrons. The second-order valence-corrected chi connectivity index (χ2v) is 6.14. The fourth-order valence-electron chi connectivity index (χ4n) is 3.18. The van der Waals surface area contributed by atoms with Gasteiger partial charge in [0.25, 0.3) is 0 Å². The van der Waals surface area contributed by atoms with Crippen LogP contribution in [0.15, 0.2) is 28.7 Å². The molecule has 0 aromatic heterocycles. The first-order chi connectivity index (χ1) is 8.24. The highest BCUT2D eigenvalue weighted by molar-refractivity contribution is 9.10. The van der Waals surface area contributed by atoms with E-state index in [9.17, 15) is 0 Å². The van der Waals surface area contributed by atoms with Crippen LogP contribution in [0, 0.1) is 11.8 Å². The predicted molar refractivity (Wildman–Crippen MR) is 77.1 cm³/mol. The molecule has 0 bridgehead atoms. The maximum absolute atomic E-state index is 5.87. The summed E-state index contributed by atoms with van der Waals surface area (Å²) in [7, 11) is 0. The third-order valence-corrected chi connectivity index (χ3v) is 4.95. The number of hydrogen-bond acceptors (Lipinski definition) is 1. The van der Waals surface area contributed by atoms with Crippen LogP contribution < -0.4 is 5.73 Å². The van der Waals surface area contributed by atoms with E-state index in [0.29, 0.717) is 11.8 Å². The molecule has 2 heteroatoms.